The first-order valence-corrected chi connectivity index (χ1v) is 5.67. The van der Waals surface area contributed by atoms with Crippen LogP contribution < -0.4 is 5.56 Å². The van der Waals surface area contributed by atoms with E-state index in [2.05, 4.69) is 20.9 Å². The quantitative estimate of drug-likeness (QED) is 0.810. The molecule has 0 aromatic carbocycles. The van der Waals surface area contributed by atoms with E-state index in [1.54, 1.807) is 19.1 Å². The third kappa shape index (κ3) is 2.36. The Bertz CT molecular complexity index is 615. The van der Waals surface area contributed by atoms with Crippen LogP contribution in [0.2, 0.25) is 0 Å². The van der Waals surface area contributed by atoms with Crippen LogP contribution in [0.4, 0.5) is 0 Å². The number of nitrogens with zero attached hydrogens (tertiary/aromatic N) is 2. The maximum Gasteiger partial charge on any atom is 0.268 e. The van der Waals surface area contributed by atoms with E-state index in [9.17, 15) is 9.59 Å². The van der Waals surface area contributed by atoms with Crippen molar-refractivity contribution in [1.29, 1.82) is 0 Å². The van der Waals surface area contributed by atoms with Crippen LogP contribution in [0, 0.1) is 6.92 Å². The molecular weight excluding hydrogens is 288 g/mol. The molecule has 0 fully saturated rings. The lowest BCUT2D eigenvalue weighted by atomic mass is 10.4. The highest BCUT2D eigenvalue weighted by atomic mass is 79.9. The van der Waals surface area contributed by atoms with Gasteiger partial charge < -0.3 is 4.42 Å². The summed E-state index contributed by atoms with van der Waals surface area (Å²) in [5, 5.41) is 0. The van der Waals surface area contributed by atoms with Gasteiger partial charge in [0, 0.05) is 6.20 Å². The molecule has 6 heteroatoms. The van der Waals surface area contributed by atoms with E-state index in [-0.39, 0.29) is 17.9 Å². The summed E-state index contributed by atoms with van der Waals surface area (Å²) in [6.07, 6.45) is 2.09. The fourth-order valence-corrected chi connectivity index (χ4v) is 1.75. The van der Waals surface area contributed by atoms with Crippen molar-refractivity contribution in [3.05, 3.63) is 50.5 Å². The molecular formula is C11H9BrN2O3. The number of carbonyl (C=O) groups is 1. The lowest BCUT2D eigenvalue weighted by Crippen LogP contribution is -2.24. The zero-order valence-corrected chi connectivity index (χ0v) is 10.6. The van der Waals surface area contributed by atoms with E-state index in [0.717, 1.165) is 0 Å². The van der Waals surface area contributed by atoms with Crippen LogP contribution >= 0.6 is 15.9 Å². The number of hydrogen-bond donors (Lipinski definition) is 0. The summed E-state index contributed by atoms with van der Waals surface area (Å²) in [6.45, 7) is 1.99. The molecule has 0 saturated heterocycles. The molecule has 2 aromatic heterocycles. The highest BCUT2D eigenvalue weighted by Gasteiger charge is 2.08. The molecule has 0 unspecified atom stereocenters. The van der Waals surface area contributed by atoms with Crippen molar-refractivity contribution in [2.75, 3.05) is 0 Å². The maximum absolute atomic E-state index is 11.8. The van der Waals surface area contributed by atoms with Crippen LogP contribution in [-0.2, 0) is 6.54 Å². The van der Waals surface area contributed by atoms with E-state index >= 15 is 0 Å². The smallest absolute Gasteiger partial charge is 0.268 e. The van der Waals surface area contributed by atoms with Crippen molar-refractivity contribution in [2.24, 2.45) is 0 Å². The lowest BCUT2D eigenvalue weighted by Gasteiger charge is -2.07. The van der Waals surface area contributed by atoms with Gasteiger partial charge in [-0.1, -0.05) is 0 Å². The molecule has 5 nitrogen and oxygen atoms in total. The predicted molar refractivity (Wildman–Crippen MR) is 64.1 cm³/mol. The molecule has 0 spiro atoms. The average Bonchev–Trinajstić information content (AvgIpc) is 2.77. The minimum Gasteiger partial charge on any atom is -0.456 e. The van der Waals surface area contributed by atoms with E-state index in [1.165, 1.54) is 10.8 Å². The topological polar surface area (TPSA) is 65.1 Å². The Morgan fingerprint density at radius 1 is 1.53 bits per heavy atom. The van der Waals surface area contributed by atoms with Gasteiger partial charge in [0.1, 0.15) is 16.1 Å². The van der Waals surface area contributed by atoms with Crippen molar-refractivity contribution >= 4 is 22.2 Å². The fraction of sp³-hybridized carbons (Fsp3) is 0.182. The molecule has 0 aliphatic rings. The second kappa shape index (κ2) is 4.67. The zero-order valence-electron chi connectivity index (χ0n) is 9.01. The number of furan rings is 1. The minimum absolute atomic E-state index is 0.179. The number of halogens is 1. The van der Waals surface area contributed by atoms with Gasteiger partial charge in [0.15, 0.2) is 12.0 Å². The van der Waals surface area contributed by atoms with Crippen LogP contribution in [0.25, 0.3) is 0 Å². The molecule has 2 heterocycles. The highest BCUT2D eigenvalue weighted by molar-refractivity contribution is 9.10. The minimum atomic E-state index is -0.179. The number of aldehydes is 1. The van der Waals surface area contributed by atoms with E-state index < -0.39 is 0 Å². The van der Waals surface area contributed by atoms with Gasteiger partial charge in [0.05, 0.1) is 6.54 Å². The van der Waals surface area contributed by atoms with E-state index in [0.29, 0.717) is 22.3 Å². The van der Waals surface area contributed by atoms with E-state index in [4.69, 9.17) is 4.42 Å². The third-order valence-electron chi connectivity index (χ3n) is 2.32. The predicted octanol–water partition coefficient (Wildman–Crippen LogP) is 1.77. The Morgan fingerprint density at radius 3 is 2.94 bits per heavy atom. The largest absolute Gasteiger partial charge is 0.456 e. The number of aromatic nitrogens is 2. The first-order chi connectivity index (χ1) is 8.11. The number of rotatable bonds is 3. The molecule has 0 atom stereocenters. The van der Waals surface area contributed by atoms with Crippen LogP contribution in [-0.4, -0.2) is 15.8 Å². The normalized spacial score (nSPS) is 10.5. The van der Waals surface area contributed by atoms with Gasteiger partial charge in [-0.2, -0.15) is 0 Å². The molecule has 0 aliphatic heterocycles. The summed E-state index contributed by atoms with van der Waals surface area (Å²) in [7, 11) is 0. The number of aryl methyl sites for hydroxylation is 1. The summed E-state index contributed by atoms with van der Waals surface area (Å²) >= 11 is 3.13. The molecule has 88 valence electrons. The van der Waals surface area contributed by atoms with Crippen LogP contribution in [0.3, 0.4) is 0 Å². The SMILES string of the molecule is Cc1ncc(Br)c(=O)n1Cc1ccc(C=O)o1. The van der Waals surface area contributed by atoms with Gasteiger partial charge >= 0.3 is 0 Å². The summed E-state index contributed by atoms with van der Waals surface area (Å²) in [5.41, 5.74) is -0.179. The lowest BCUT2D eigenvalue weighted by molar-refractivity contribution is 0.109. The summed E-state index contributed by atoms with van der Waals surface area (Å²) in [5.74, 6) is 1.37. The van der Waals surface area contributed by atoms with Gasteiger partial charge in [-0.15, -0.1) is 0 Å². The fourth-order valence-electron chi connectivity index (χ4n) is 1.44. The zero-order chi connectivity index (χ0) is 12.4. The molecule has 2 aromatic rings. The van der Waals surface area contributed by atoms with Gasteiger partial charge in [0.25, 0.3) is 5.56 Å². The van der Waals surface area contributed by atoms with E-state index in [1.807, 2.05) is 0 Å². The Labute approximate surface area is 105 Å². The van der Waals surface area contributed by atoms with Gasteiger partial charge in [-0.05, 0) is 35.0 Å². The van der Waals surface area contributed by atoms with Gasteiger partial charge in [-0.3, -0.25) is 14.2 Å². The number of hydrogen-bond acceptors (Lipinski definition) is 4. The van der Waals surface area contributed by atoms with Crippen molar-refractivity contribution in [3.8, 4) is 0 Å². The van der Waals surface area contributed by atoms with Crippen LogP contribution in [0.15, 0.2) is 32.0 Å². The van der Waals surface area contributed by atoms with Crippen molar-refractivity contribution < 1.29 is 9.21 Å². The monoisotopic (exact) mass is 296 g/mol. The second-order valence-electron chi connectivity index (χ2n) is 3.47. The molecule has 0 bridgehead atoms. The molecule has 0 N–H and O–H groups in total. The molecule has 0 saturated carbocycles. The highest BCUT2D eigenvalue weighted by Crippen LogP contribution is 2.09. The Hall–Kier alpha value is -1.69. The average molecular weight is 297 g/mol. The van der Waals surface area contributed by atoms with Gasteiger partial charge in [0.2, 0.25) is 0 Å². The first-order valence-electron chi connectivity index (χ1n) is 4.87. The Balaban J connectivity index is 2.39. The standard InChI is InChI=1S/C11H9BrN2O3/c1-7-13-4-10(12)11(16)14(7)5-8-2-3-9(6-15)17-8/h2-4,6H,5H2,1H3. The molecule has 0 aliphatic carbocycles. The van der Waals surface area contributed by atoms with Crippen molar-refractivity contribution in [2.45, 2.75) is 13.5 Å². The molecule has 0 amide bonds. The molecule has 17 heavy (non-hydrogen) atoms. The summed E-state index contributed by atoms with van der Waals surface area (Å²) in [6, 6.07) is 3.23. The van der Waals surface area contributed by atoms with Crippen molar-refractivity contribution in [1.82, 2.24) is 9.55 Å². The molecule has 2 rings (SSSR count). The number of carbonyl (C=O) groups excluding carboxylic acids is 1. The summed E-state index contributed by atoms with van der Waals surface area (Å²) < 4.78 is 7.08. The Morgan fingerprint density at radius 2 is 2.29 bits per heavy atom. The van der Waals surface area contributed by atoms with Crippen LogP contribution in [0.5, 0.6) is 0 Å². The second-order valence-corrected chi connectivity index (χ2v) is 4.32. The third-order valence-corrected chi connectivity index (χ3v) is 2.86. The van der Waals surface area contributed by atoms with Crippen LogP contribution in [0.1, 0.15) is 22.1 Å². The maximum atomic E-state index is 11.8. The Kier molecular flexibility index (Phi) is 3.23. The first kappa shape index (κ1) is 11.8. The van der Waals surface area contributed by atoms with Crippen molar-refractivity contribution in [3.63, 3.8) is 0 Å². The summed E-state index contributed by atoms with van der Waals surface area (Å²) in [4.78, 5) is 26.4. The van der Waals surface area contributed by atoms with Gasteiger partial charge in [-0.25, -0.2) is 4.98 Å². The molecule has 0 radical (unpaired) electrons.